The van der Waals surface area contributed by atoms with Gasteiger partial charge in [-0.05, 0) is 56.4 Å². The zero-order chi connectivity index (χ0) is 31.8. The second kappa shape index (κ2) is 13.6. The van der Waals surface area contributed by atoms with Gasteiger partial charge in [-0.2, -0.15) is 17.8 Å². The van der Waals surface area contributed by atoms with Crippen LogP contribution in [0.4, 0.5) is 8.78 Å². The maximum absolute atomic E-state index is 13.7. The van der Waals surface area contributed by atoms with Crippen LogP contribution in [0.15, 0.2) is 41.6 Å². The van der Waals surface area contributed by atoms with Gasteiger partial charge in [-0.1, -0.05) is 29.3 Å². The van der Waals surface area contributed by atoms with Crippen molar-refractivity contribution in [3.8, 4) is 11.5 Å². The molecule has 2 unspecified atom stereocenters. The molecule has 238 valence electrons. The first-order chi connectivity index (χ1) is 20.8. The van der Waals surface area contributed by atoms with E-state index < -0.39 is 34.1 Å². The molecule has 5 rings (SSSR count). The van der Waals surface area contributed by atoms with Crippen LogP contribution >= 0.6 is 46.3 Å². The van der Waals surface area contributed by atoms with E-state index in [1.807, 2.05) is 0 Å². The van der Waals surface area contributed by atoms with Crippen molar-refractivity contribution in [2.24, 2.45) is 5.92 Å². The van der Waals surface area contributed by atoms with Crippen molar-refractivity contribution >= 4 is 62.3 Å². The van der Waals surface area contributed by atoms with E-state index >= 15 is 0 Å². The summed E-state index contributed by atoms with van der Waals surface area (Å²) in [6.45, 7) is 0.812. The van der Waals surface area contributed by atoms with Crippen molar-refractivity contribution < 1.29 is 40.9 Å². The Hall–Kier alpha value is -2.36. The van der Waals surface area contributed by atoms with E-state index in [0.29, 0.717) is 39.0 Å². The smallest absolute Gasteiger partial charge is 0.387 e. The maximum atomic E-state index is 13.7. The summed E-state index contributed by atoms with van der Waals surface area (Å²) >= 11 is 15.1. The summed E-state index contributed by atoms with van der Waals surface area (Å²) in [5.74, 6) is -0.329. The van der Waals surface area contributed by atoms with Crippen LogP contribution in [0.5, 0.6) is 11.5 Å². The van der Waals surface area contributed by atoms with E-state index in [1.54, 1.807) is 19.9 Å². The van der Waals surface area contributed by atoms with Gasteiger partial charge >= 0.3 is 12.6 Å². The lowest BCUT2D eigenvalue weighted by molar-refractivity contribution is -0.605. The number of thiophene rings is 1. The van der Waals surface area contributed by atoms with Crippen LogP contribution in [0.3, 0.4) is 0 Å². The molecule has 0 radical (unpaired) electrons. The Morgan fingerprint density at radius 3 is 2.48 bits per heavy atom. The van der Waals surface area contributed by atoms with Gasteiger partial charge in [0.05, 0.1) is 11.5 Å². The van der Waals surface area contributed by atoms with E-state index in [-0.39, 0.29) is 39.4 Å². The second-order valence-corrected chi connectivity index (χ2v) is 15.7. The molecular weight excluding hydrogens is 681 g/mol. The van der Waals surface area contributed by atoms with Gasteiger partial charge in [0, 0.05) is 34.0 Å². The molecule has 1 saturated heterocycles. The highest BCUT2D eigenvalue weighted by molar-refractivity contribution is 8.02. The number of aryl methyl sites for hydroxylation is 2. The number of carbonyl (C=O) groups is 1. The van der Waals surface area contributed by atoms with Gasteiger partial charge in [0.25, 0.3) is 0 Å². The largest absolute Gasteiger partial charge is 0.619 e. The number of halogens is 4. The number of alkyl halides is 2. The molecule has 0 N–H and O–H groups in total. The average Bonchev–Trinajstić information content (AvgIpc) is 3.50. The predicted molar refractivity (Wildman–Crippen MR) is 163 cm³/mol. The molecule has 16 heteroatoms. The van der Waals surface area contributed by atoms with Crippen LogP contribution in [-0.4, -0.2) is 49.6 Å². The number of hydrogen-bond acceptors (Lipinski definition) is 9. The number of aromatic nitrogens is 1. The first kappa shape index (κ1) is 33.0. The fourth-order valence-electron chi connectivity index (χ4n) is 4.74. The summed E-state index contributed by atoms with van der Waals surface area (Å²) in [6.07, 6.45) is 2.86. The van der Waals surface area contributed by atoms with Gasteiger partial charge in [0.15, 0.2) is 29.3 Å². The Kier molecular flexibility index (Phi) is 10.2. The topological polar surface area (TPSA) is 109 Å². The molecule has 0 spiro atoms. The van der Waals surface area contributed by atoms with E-state index in [9.17, 15) is 27.2 Å². The number of esters is 1. The van der Waals surface area contributed by atoms with Gasteiger partial charge in [0.2, 0.25) is 10.0 Å². The van der Waals surface area contributed by atoms with E-state index in [4.69, 9.17) is 32.7 Å². The number of carbonyl (C=O) groups excluding carboxylic acids is 1. The summed E-state index contributed by atoms with van der Waals surface area (Å²) in [6, 6.07) is 5.74. The molecule has 44 heavy (non-hydrogen) atoms. The molecule has 9 nitrogen and oxygen atoms in total. The number of hydrogen-bond donors (Lipinski definition) is 0. The Bertz CT molecular complexity index is 1630. The molecule has 1 aliphatic heterocycles. The van der Waals surface area contributed by atoms with Crippen molar-refractivity contribution in [3.05, 3.63) is 72.8 Å². The van der Waals surface area contributed by atoms with Gasteiger partial charge in [0.1, 0.15) is 16.1 Å². The second-order valence-electron chi connectivity index (χ2n) is 10.4. The molecule has 1 aromatic carbocycles. The van der Waals surface area contributed by atoms with Crippen LogP contribution in [0.25, 0.3) is 0 Å². The molecular formula is C28H28Cl2F2N2O7S3. The summed E-state index contributed by atoms with van der Waals surface area (Å²) in [5, 5.41) is 10.7. The van der Waals surface area contributed by atoms with Gasteiger partial charge in [-0.25, -0.2) is 13.2 Å². The number of ether oxygens (including phenoxy) is 3. The lowest BCUT2D eigenvalue weighted by atomic mass is 10.0. The minimum Gasteiger partial charge on any atom is -0.619 e. The Labute approximate surface area is 271 Å². The van der Waals surface area contributed by atoms with Crippen molar-refractivity contribution in [1.29, 1.82) is 0 Å². The molecule has 2 aromatic heterocycles. The lowest BCUT2D eigenvalue weighted by Crippen LogP contribution is -2.40. The highest BCUT2D eigenvalue weighted by Crippen LogP contribution is 2.40. The SMILES string of the molecule is Cc1cc(S(=O)(=O)N2CCSC2C(=O)OC(Cc2c(Cl)c[n+]([O-])cc2Cl)c2ccc(OC(F)F)c(OCC3CC3)c2)c(C)s1. The summed E-state index contributed by atoms with van der Waals surface area (Å²) in [7, 11) is -4.02. The standard InChI is InChI=1S/C28H28Cl2F2N2O7S3/c1-15-9-25(16(2)43-15)44(37,38)34-7-8-42-26(34)27(35)40-23(11-19-20(29)12-33(36)13-21(19)30)18-5-6-22(41-28(31)32)24(10-18)39-14-17-3-4-17/h5-6,9-10,12-13,17,23,26,28H,3-4,7-8,11,14H2,1-2H3. The van der Waals surface area contributed by atoms with E-state index in [0.717, 1.165) is 46.2 Å². The molecule has 1 saturated carbocycles. The third kappa shape index (κ3) is 7.53. The third-order valence-electron chi connectivity index (χ3n) is 7.07. The van der Waals surface area contributed by atoms with Gasteiger partial charge in [-0.3, -0.25) is 0 Å². The van der Waals surface area contributed by atoms with Crippen LogP contribution in [-0.2, 0) is 26.0 Å². The van der Waals surface area contributed by atoms with Crippen LogP contribution in [0.1, 0.15) is 39.8 Å². The predicted octanol–water partition coefficient (Wildman–Crippen LogP) is 6.29. The molecule has 1 aliphatic carbocycles. The number of sulfonamides is 1. The van der Waals surface area contributed by atoms with Crippen molar-refractivity contribution in [2.75, 3.05) is 18.9 Å². The van der Waals surface area contributed by atoms with E-state index in [2.05, 4.69) is 4.74 Å². The monoisotopic (exact) mass is 708 g/mol. The number of pyridine rings is 1. The first-order valence-electron chi connectivity index (χ1n) is 13.5. The minimum atomic E-state index is -4.02. The van der Waals surface area contributed by atoms with Crippen molar-refractivity contribution in [3.63, 3.8) is 0 Å². The molecule has 3 heterocycles. The summed E-state index contributed by atoms with van der Waals surface area (Å²) < 4.78 is 71.5. The highest BCUT2D eigenvalue weighted by atomic mass is 35.5. The van der Waals surface area contributed by atoms with Gasteiger partial charge < -0.3 is 19.4 Å². The fraction of sp³-hybridized carbons (Fsp3) is 0.429. The number of benzene rings is 1. The third-order valence-corrected chi connectivity index (χ3v) is 12.1. The van der Waals surface area contributed by atoms with Crippen molar-refractivity contribution in [2.45, 2.75) is 56.1 Å². The van der Waals surface area contributed by atoms with Crippen LogP contribution < -0.4 is 14.2 Å². The zero-order valence-electron chi connectivity index (χ0n) is 23.5. The Morgan fingerprint density at radius 1 is 1.16 bits per heavy atom. The Balaban J connectivity index is 1.48. The molecule has 0 amide bonds. The minimum absolute atomic E-state index is 0.0131. The Morgan fingerprint density at radius 2 is 1.86 bits per heavy atom. The summed E-state index contributed by atoms with van der Waals surface area (Å²) in [4.78, 5) is 15.3. The molecule has 2 fully saturated rings. The fourth-order valence-corrected chi connectivity index (χ4v) is 9.91. The van der Waals surface area contributed by atoms with Crippen molar-refractivity contribution in [1.82, 2.24) is 4.31 Å². The zero-order valence-corrected chi connectivity index (χ0v) is 27.5. The first-order valence-corrected chi connectivity index (χ1v) is 17.6. The molecule has 2 aliphatic rings. The molecule has 2 atom stereocenters. The highest BCUT2D eigenvalue weighted by Gasteiger charge is 2.43. The normalized spacial score (nSPS) is 18.0. The summed E-state index contributed by atoms with van der Waals surface area (Å²) in [5.41, 5.74) is 0.623. The van der Waals surface area contributed by atoms with Gasteiger partial charge in [-0.15, -0.1) is 23.1 Å². The lowest BCUT2D eigenvalue weighted by Gasteiger charge is -2.26. The number of thioether (sulfide) groups is 1. The number of nitrogens with zero attached hydrogens (tertiary/aromatic N) is 2. The van der Waals surface area contributed by atoms with Crippen LogP contribution in [0.2, 0.25) is 10.0 Å². The number of rotatable bonds is 12. The average molecular weight is 710 g/mol. The maximum Gasteiger partial charge on any atom is 0.387 e. The quantitative estimate of drug-likeness (QED) is 0.123. The molecule has 3 aromatic rings. The van der Waals surface area contributed by atoms with E-state index in [1.165, 1.54) is 29.5 Å². The molecule has 0 bridgehead atoms. The van der Waals surface area contributed by atoms with Crippen LogP contribution in [0, 0.1) is 25.0 Å².